The molecule has 2 rings (SSSR count). The van der Waals surface area contributed by atoms with Crippen molar-refractivity contribution in [2.45, 2.75) is 13.8 Å². The van der Waals surface area contributed by atoms with Crippen molar-refractivity contribution < 1.29 is 0 Å². The summed E-state index contributed by atoms with van der Waals surface area (Å²) >= 11 is 0. The van der Waals surface area contributed by atoms with E-state index in [1.165, 1.54) is 6.33 Å². The van der Waals surface area contributed by atoms with E-state index >= 15 is 0 Å². The molecule has 0 atom stereocenters. The second-order valence-electron chi connectivity index (χ2n) is 2.70. The molecule has 0 radical (unpaired) electrons. The van der Waals surface area contributed by atoms with Crippen LogP contribution in [0.1, 0.15) is 11.4 Å². The van der Waals surface area contributed by atoms with E-state index in [9.17, 15) is 0 Å². The van der Waals surface area contributed by atoms with Crippen molar-refractivity contribution in [3.05, 3.63) is 48.6 Å². The molecule has 0 aliphatic carbocycles. The Morgan fingerprint density at radius 1 is 0.857 bits per heavy atom. The highest BCUT2D eigenvalue weighted by Gasteiger charge is 1.75. The van der Waals surface area contributed by atoms with Gasteiger partial charge in [0.2, 0.25) is 0 Å². The maximum atomic E-state index is 3.92. The lowest BCUT2D eigenvalue weighted by Crippen LogP contribution is -1.77. The lowest BCUT2D eigenvalue weighted by Gasteiger charge is -1.81. The highest BCUT2D eigenvalue weighted by Crippen LogP contribution is 1.82. The SMILES string of the molecule is Cc1ccncn1.Cc1cnccn1. The lowest BCUT2D eigenvalue weighted by molar-refractivity contribution is 1.10. The van der Waals surface area contributed by atoms with Crippen LogP contribution in [0.25, 0.3) is 0 Å². The van der Waals surface area contributed by atoms with Crippen molar-refractivity contribution in [3.63, 3.8) is 0 Å². The van der Waals surface area contributed by atoms with Gasteiger partial charge in [0, 0.05) is 30.5 Å². The van der Waals surface area contributed by atoms with E-state index in [2.05, 4.69) is 19.9 Å². The van der Waals surface area contributed by atoms with E-state index in [0.29, 0.717) is 0 Å². The largest absolute Gasteiger partial charge is 0.261 e. The predicted molar refractivity (Wildman–Crippen MR) is 53.5 cm³/mol. The van der Waals surface area contributed by atoms with E-state index in [0.717, 1.165) is 11.4 Å². The molecule has 0 spiro atoms. The first-order valence-corrected chi connectivity index (χ1v) is 4.24. The van der Waals surface area contributed by atoms with E-state index in [-0.39, 0.29) is 0 Å². The Bertz CT molecular complexity index is 310. The molecule has 0 fully saturated rings. The van der Waals surface area contributed by atoms with Gasteiger partial charge in [-0.15, -0.1) is 0 Å². The van der Waals surface area contributed by atoms with Gasteiger partial charge in [0.05, 0.1) is 5.69 Å². The minimum atomic E-state index is 0.961. The van der Waals surface area contributed by atoms with Crippen molar-refractivity contribution >= 4 is 0 Å². The normalized spacial score (nSPS) is 8.71. The van der Waals surface area contributed by atoms with Crippen molar-refractivity contribution in [3.8, 4) is 0 Å². The van der Waals surface area contributed by atoms with Crippen LogP contribution in [0.2, 0.25) is 0 Å². The average Bonchev–Trinajstić information content (AvgIpc) is 2.21. The summed E-state index contributed by atoms with van der Waals surface area (Å²) < 4.78 is 0. The second-order valence-corrected chi connectivity index (χ2v) is 2.70. The summed E-state index contributed by atoms with van der Waals surface area (Å²) in [5.74, 6) is 0. The summed E-state index contributed by atoms with van der Waals surface area (Å²) in [5, 5.41) is 0. The molecule has 0 bridgehead atoms. The van der Waals surface area contributed by atoms with Crippen molar-refractivity contribution in [2.24, 2.45) is 0 Å². The van der Waals surface area contributed by atoms with Gasteiger partial charge < -0.3 is 0 Å². The minimum absolute atomic E-state index is 0.961. The monoisotopic (exact) mass is 188 g/mol. The molecule has 14 heavy (non-hydrogen) atoms. The predicted octanol–water partition coefficient (Wildman–Crippen LogP) is 1.57. The second kappa shape index (κ2) is 5.75. The molecule has 0 aliphatic heterocycles. The van der Waals surface area contributed by atoms with Crippen LogP contribution in [0.3, 0.4) is 0 Å². The van der Waals surface area contributed by atoms with Gasteiger partial charge in [-0.05, 0) is 19.9 Å². The van der Waals surface area contributed by atoms with E-state index in [1.54, 1.807) is 24.8 Å². The molecule has 2 heterocycles. The molecule has 72 valence electrons. The molecule has 0 saturated carbocycles. The van der Waals surface area contributed by atoms with Gasteiger partial charge in [-0.25, -0.2) is 9.97 Å². The molecule has 2 aromatic heterocycles. The molecule has 2 aromatic rings. The zero-order chi connectivity index (χ0) is 10.2. The van der Waals surface area contributed by atoms with Gasteiger partial charge in [-0.1, -0.05) is 0 Å². The number of rotatable bonds is 0. The van der Waals surface area contributed by atoms with Gasteiger partial charge in [0.1, 0.15) is 6.33 Å². The smallest absolute Gasteiger partial charge is 0.115 e. The fourth-order valence-corrected chi connectivity index (χ4v) is 0.730. The molecular formula is C10H12N4. The lowest BCUT2D eigenvalue weighted by atomic mass is 10.5. The van der Waals surface area contributed by atoms with E-state index in [4.69, 9.17) is 0 Å². The van der Waals surface area contributed by atoms with Crippen LogP contribution in [0, 0.1) is 13.8 Å². The number of hydrogen-bond donors (Lipinski definition) is 0. The molecule has 0 amide bonds. The molecule has 0 aliphatic rings. The highest BCUT2D eigenvalue weighted by atomic mass is 14.8. The maximum Gasteiger partial charge on any atom is 0.115 e. The number of aryl methyl sites for hydroxylation is 2. The van der Waals surface area contributed by atoms with Crippen LogP contribution >= 0.6 is 0 Å². The Hall–Kier alpha value is -1.84. The Morgan fingerprint density at radius 2 is 1.71 bits per heavy atom. The number of aromatic nitrogens is 4. The van der Waals surface area contributed by atoms with Crippen LogP contribution < -0.4 is 0 Å². The molecule has 4 heteroatoms. The fraction of sp³-hybridized carbons (Fsp3) is 0.200. The molecular weight excluding hydrogens is 176 g/mol. The summed E-state index contributed by atoms with van der Waals surface area (Å²) in [5.41, 5.74) is 1.97. The zero-order valence-corrected chi connectivity index (χ0v) is 8.25. The third kappa shape index (κ3) is 4.25. The summed E-state index contributed by atoms with van der Waals surface area (Å²) in [6.45, 7) is 3.84. The first kappa shape index (κ1) is 10.2. The zero-order valence-electron chi connectivity index (χ0n) is 8.25. The third-order valence-electron chi connectivity index (χ3n) is 1.42. The first-order chi connectivity index (χ1) is 6.79. The van der Waals surface area contributed by atoms with Gasteiger partial charge in [0.15, 0.2) is 0 Å². The van der Waals surface area contributed by atoms with Gasteiger partial charge in [-0.2, -0.15) is 0 Å². The molecule has 0 unspecified atom stereocenters. The Balaban J connectivity index is 0.000000140. The topological polar surface area (TPSA) is 51.6 Å². The summed E-state index contributed by atoms with van der Waals surface area (Å²) in [6, 6.07) is 1.86. The van der Waals surface area contributed by atoms with Crippen molar-refractivity contribution in [2.75, 3.05) is 0 Å². The molecule has 0 saturated heterocycles. The van der Waals surface area contributed by atoms with Crippen LogP contribution in [0.5, 0.6) is 0 Å². The average molecular weight is 188 g/mol. The number of nitrogens with zero attached hydrogens (tertiary/aromatic N) is 4. The molecule has 0 N–H and O–H groups in total. The van der Waals surface area contributed by atoms with Crippen molar-refractivity contribution in [1.82, 2.24) is 19.9 Å². The Morgan fingerprint density at radius 3 is 2.00 bits per heavy atom. The maximum absolute atomic E-state index is 3.92. The van der Waals surface area contributed by atoms with Gasteiger partial charge in [-0.3, -0.25) is 9.97 Å². The molecule has 0 aromatic carbocycles. The van der Waals surface area contributed by atoms with E-state index in [1.807, 2.05) is 19.9 Å². The Labute approximate surface area is 83.1 Å². The van der Waals surface area contributed by atoms with Crippen LogP contribution in [-0.4, -0.2) is 19.9 Å². The standard InChI is InChI=1S/2C5H6N2/c1-5-4-6-2-3-7-5;1-5-2-3-6-4-7-5/h2*2-4H,1H3. The van der Waals surface area contributed by atoms with Gasteiger partial charge >= 0.3 is 0 Å². The van der Waals surface area contributed by atoms with Crippen LogP contribution in [-0.2, 0) is 0 Å². The first-order valence-electron chi connectivity index (χ1n) is 4.24. The van der Waals surface area contributed by atoms with Crippen LogP contribution in [0.4, 0.5) is 0 Å². The Kier molecular flexibility index (Phi) is 4.20. The summed E-state index contributed by atoms with van der Waals surface area (Å²) in [4.78, 5) is 15.3. The van der Waals surface area contributed by atoms with Crippen LogP contribution in [0.15, 0.2) is 37.2 Å². The summed E-state index contributed by atoms with van der Waals surface area (Å²) in [6.07, 6.45) is 8.32. The fourth-order valence-electron chi connectivity index (χ4n) is 0.730. The minimum Gasteiger partial charge on any atom is -0.261 e. The third-order valence-corrected chi connectivity index (χ3v) is 1.42. The number of hydrogen-bond acceptors (Lipinski definition) is 4. The van der Waals surface area contributed by atoms with Gasteiger partial charge in [0.25, 0.3) is 0 Å². The van der Waals surface area contributed by atoms with Crippen molar-refractivity contribution in [1.29, 1.82) is 0 Å². The summed E-state index contributed by atoms with van der Waals surface area (Å²) in [7, 11) is 0. The highest BCUT2D eigenvalue weighted by molar-refractivity contribution is 4.92. The quantitative estimate of drug-likeness (QED) is 0.629. The van der Waals surface area contributed by atoms with E-state index < -0.39 is 0 Å². The molecule has 4 nitrogen and oxygen atoms in total.